The van der Waals surface area contributed by atoms with E-state index in [0.29, 0.717) is 23.7 Å². The van der Waals surface area contributed by atoms with Gasteiger partial charge in [-0.15, -0.1) is 0 Å². The maximum Gasteiger partial charge on any atom is 0.271 e. The van der Waals surface area contributed by atoms with Crippen molar-refractivity contribution in [3.63, 3.8) is 0 Å². The molecule has 24 heavy (non-hydrogen) atoms. The second-order valence-corrected chi connectivity index (χ2v) is 7.44. The molecule has 1 aliphatic carbocycles. The fraction of sp³-hybridized carbons (Fsp3) is 0.667. The third-order valence-electron chi connectivity index (χ3n) is 5.79. The summed E-state index contributed by atoms with van der Waals surface area (Å²) in [5.41, 5.74) is 1.16. The molecule has 6 nitrogen and oxygen atoms in total. The lowest BCUT2D eigenvalue weighted by Crippen LogP contribution is -2.54. The van der Waals surface area contributed by atoms with E-state index in [0.717, 1.165) is 44.2 Å². The molecule has 128 valence electrons. The molecular formula is C18H24N4O2. The molecule has 1 N–H and O–H groups in total. The van der Waals surface area contributed by atoms with Gasteiger partial charge < -0.3 is 10.2 Å². The van der Waals surface area contributed by atoms with Gasteiger partial charge in [0, 0.05) is 30.2 Å². The van der Waals surface area contributed by atoms with Gasteiger partial charge in [-0.2, -0.15) is 0 Å². The number of carbonyl (C=O) groups excluding carboxylic acids is 2. The monoisotopic (exact) mass is 328 g/mol. The van der Waals surface area contributed by atoms with E-state index in [1.54, 1.807) is 6.20 Å². The molecule has 2 bridgehead atoms. The SMILES string of the molecule is Cc1cnc(C(=O)NC2CC3CCC(C2)N3C(=O)C2CCC2)cn1. The zero-order valence-corrected chi connectivity index (χ0v) is 14.1. The zero-order valence-electron chi connectivity index (χ0n) is 14.1. The predicted molar refractivity (Wildman–Crippen MR) is 88.3 cm³/mol. The summed E-state index contributed by atoms with van der Waals surface area (Å²) in [6, 6.07) is 0.723. The molecule has 3 heterocycles. The molecule has 0 aromatic carbocycles. The second kappa shape index (κ2) is 6.15. The van der Waals surface area contributed by atoms with Crippen LogP contribution in [0.5, 0.6) is 0 Å². The Bertz CT molecular complexity index is 627. The second-order valence-electron chi connectivity index (χ2n) is 7.44. The summed E-state index contributed by atoms with van der Waals surface area (Å²) in [6.07, 6.45) is 10.3. The summed E-state index contributed by atoms with van der Waals surface area (Å²) in [5, 5.41) is 3.09. The third kappa shape index (κ3) is 2.78. The molecular weight excluding hydrogens is 304 g/mol. The number of hydrogen-bond donors (Lipinski definition) is 1. The van der Waals surface area contributed by atoms with Gasteiger partial charge in [-0.25, -0.2) is 4.98 Å². The van der Waals surface area contributed by atoms with Crippen molar-refractivity contribution >= 4 is 11.8 Å². The van der Waals surface area contributed by atoms with Gasteiger partial charge in [-0.05, 0) is 45.4 Å². The highest BCUT2D eigenvalue weighted by atomic mass is 16.2. The zero-order chi connectivity index (χ0) is 16.7. The molecule has 2 aliphatic heterocycles. The molecule has 6 heteroatoms. The first-order chi connectivity index (χ1) is 11.6. The van der Waals surface area contributed by atoms with Crippen molar-refractivity contribution in [2.75, 3.05) is 0 Å². The molecule has 2 atom stereocenters. The minimum atomic E-state index is -0.161. The van der Waals surface area contributed by atoms with Crippen LogP contribution in [0.1, 0.15) is 61.1 Å². The number of hydrogen-bond acceptors (Lipinski definition) is 4. The highest BCUT2D eigenvalue weighted by Crippen LogP contribution is 2.39. The van der Waals surface area contributed by atoms with Crippen molar-refractivity contribution in [2.45, 2.75) is 70.0 Å². The maximum absolute atomic E-state index is 12.6. The molecule has 2 saturated heterocycles. The van der Waals surface area contributed by atoms with Gasteiger partial charge >= 0.3 is 0 Å². The van der Waals surface area contributed by atoms with Crippen LogP contribution in [0.15, 0.2) is 12.4 Å². The van der Waals surface area contributed by atoms with E-state index in [4.69, 9.17) is 0 Å². The number of fused-ring (bicyclic) bond motifs is 2. The summed E-state index contributed by atoms with van der Waals surface area (Å²) in [4.78, 5) is 35.4. The molecule has 1 aromatic heterocycles. The summed E-state index contributed by atoms with van der Waals surface area (Å²) >= 11 is 0. The summed E-state index contributed by atoms with van der Waals surface area (Å²) in [7, 11) is 0. The molecule has 1 aromatic rings. The Morgan fingerprint density at radius 3 is 2.33 bits per heavy atom. The van der Waals surface area contributed by atoms with Crippen LogP contribution in [-0.4, -0.2) is 44.8 Å². The molecule has 3 aliphatic rings. The molecule has 1 saturated carbocycles. The average molecular weight is 328 g/mol. The number of piperidine rings is 1. The van der Waals surface area contributed by atoms with Crippen LogP contribution >= 0.6 is 0 Å². The number of amides is 2. The Morgan fingerprint density at radius 1 is 1.08 bits per heavy atom. The highest BCUT2D eigenvalue weighted by molar-refractivity contribution is 5.92. The van der Waals surface area contributed by atoms with Crippen molar-refractivity contribution in [1.29, 1.82) is 0 Å². The van der Waals surface area contributed by atoms with Crippen LogP contribution in [0.2, 0.25) is 0 Å². The van der Waals surface area contributed by atoms with Crippen LogP contribution in [0.3, 0.4) is 0 Å². The van der Waals surface area contributed by atoms with Gasteiger partial charge in [-0.1, -0.05) is 6.42 Å². The normalized spacial score (nSPS) is 29.2. The fourth-order valence-corrected chi connectivity index (χ4v) is 4.29. The van der Waals surface area contributed by atoms with E-state index < -0.39 is 0 Å². The number of nitrogens with zero attached hydrogens (tertiary/aromatic N) is 3. The topological polar surface area (TPSA) is 75.2 Å². The van der Waals surface area contributed by atoms with Crippen molar-refractivity contribution in [3.05, 3.63) is 23.8 Å². The van der Waals surface area contributed by atoms with Crippen molar-refractivity contribution in [1.82, 2.24) is 20.2 Å². The average Bonchev–Trinajstić information content (AvgIpc) is 2.77. The van der Waals surface area contributed by atoms with E-state index >= 15 is 0 Å². The molecule has 0 radical (unpaired) electrons. The maximum atomic E-state index is 12.6. The summed E-state index contributed by atoms with van der Waals surface area (Å²) in [6.45, 7) is 1.85. The van der Waals surface area contributed by atoms with Gasteiger partial charge in [0.05, 0.1) is 11.9 Å². The van der Waals surface area contributed by atoms with Gasteiger partial charge in [0.25, 0.3) is 5.91 Å². The fourth-order valence-electron chi connectivity index (χ4n) is 4.29. The van der Waals surface area contributed by atoms with Crippen molar-refractivity contribution < 1.29 is 9.59 Å². The lowest BCUT2D eigenvalue weighted by Gasteiger charge is -2.42. The number of rotatable bonds is 3. The predicted octanol–water partition coefficient (Wildman–Crippen LogP) is 1.84. The minimum absolute atomic E-state index is 0.128. The minimum Gasteiger partial charge on any atom is -0.348 e. The van der Waals surface area contributed by atoms with Crippen LogP contribution < -0.4 is 5.32 Å². The molecule has 2 amide bonds. The van der Waals surface area contributed by atoms with Crippen molar-refractivity contribution in [3.8, 4) is 0 Å². The highest BCUT2D eigenvalue weighted by Gasteiger charge is 2.45. The number of aromatic nitrogens is 2. The molecule has 4 rings (SSSR count). The molecule has 2 unspecified atom stereocenters. The van der Waals surface area contributed by atoms with E-state index in [9.17, 15) is 9.59 Å². The first-order valence-corrected chi connectivity index (χ1v) is 9.03. The smallest absolute Gasteiger partial charge is 0.271 e. The van der Waals surface area contributed by atoms with Crippen LogP contribution in [0.4, 0.5) is 0 Å². The lowest BCUT2D eigenvalue weighted by atomic mass is 9.83. The number of carbonyl (C=O) groups is 2. The Balaban J connectivity index is 1.38. The van der Waals surface area contributed by atoms with Gasteiger partial charge in [0.2, 0.25) is 5.91 Å². The van der Waals surface area contributed by atoms with E-state index in [1.807, 2.05) is 6.92 Å². The first-order valence-electron chi connectivity index (χ1n) is 9.03. The van der Waals surface area contributed by atoms with E-state index in [-0.39, 0.29) is 17.9 Å². The molecule has 0 spiro atoms. The largest absolute Gasteiger partial charge is 0.348 e. The quantitative estimate of drug-likeness (QED) is 0.918. The summed E-state index contributed by atoms with van der Waals surface area (Å²) < 4.78 is 0. The van der Waals surface area contributed by atoms with Crippen LogP contribution in [0.25, 0.3) is 0 Å². The molecule has 3 fully saturated rings. The van der Waals surface area contributed by atoms with Gasteiger partial charge in [0.15, 0.2) is 0 Å². The van der Waals surface area contributed by atoms with E-state index in [2.05, 4.69) is 20.2 Å². The van der Waals surface area contributed by atoms with Crippen LogP contribution in [-0.2, 0) is 4.79 Å². The Hall–Kier alpha value is -1.98. The third-order valence-corrected chi connectivity index (χ3v) is 5.79. The van der Waals surface area contributed by atoms with Gasteiger partial charge in [-0.3, -0.25) is 14.6 Å². The van der Waals surface area contributed by atoms with Gasteiger partial charge in [0.1, 0.15) is 5.69 Å². The lowest BCUT2D eigenvalue weighted by molar-refractivity contribution is -0.143. The van der Waals surface area contributed by atoms with Crippen LogP contribution in [0, 0.1) is 12.8 Å². The number of aryl methyl sites for hydroxylation is 1. The Labute approximate surface area is 142 Å². The van der Waals surface area contributed by atoms with E-state index in [1.165, 1.54) is 12.6 Å². The number of nitrogens with one attached hydrogen (secondary N) is 1. The summed E-state index contributed by atoms with van der Waals surface area (Å²) in [5.74, 6) is 0.468. The first kappa shape index (κ1) is 15.5. The Morgan fingerprint density at radius 2 is 1.79 bits per heavy atom. The Kier molecular flexibility index (Phi) is 3.98. The standard InChI is InChI=1S/C18H24N4O2/c1-11-9-20-16(10-19-11)17(23)21-13-7-14-5-6-15(8-13)22(14)18(24)12-3-2-4-12/h9-10,12-15H,2-8H2,1H3,(H,21,23). The van der Waals surface area contributed by atoms with Crippen molar-refractivity contribution in [2.24, 2.45) is 5.92 Å².